The van der Waals surface area contributed by atoms with Crippen LogP contribution < -0.4 is 5.32 Å². The number of hydrogen-bond acceptors (Lipinski definition) is 7. The van der Waals surface area contributed by atoms with Gasteiger partial charge in [0.25, 0.3) is 0 Å². The number of rotatable bonds is 8. The number of carboxylic acid groups (broad SMARTS) is 1. The number of hydrogen-bond donors (Lipinski definition) is 3. The molecule has 0 aromatic heterocycles. The molecule has 0 aromatic carbocycles. The van der Waals surface area contributed by atoms with Gasteiger partial charge in [0.15, 0.2) is 0 Å². The maximum Gasteiger partial charge on any atom is 0.334 e. The van der Waals surface area contributed by atoms with Gasteiger partial charge in [-0.3, -0.25) is 0 Å². The summed E-state index contributed by atoms with van der Waals surface area (Å²) in [6, 6.07) is 0. The Bertz CT molecular complexity index is 531. The minimum atomic E-state index is -0.981. The highest BCUT2D eigenvalue weighted by atomic mass is 16.5. The summed E-state index contributed by atoms with van der Waals surface area (Å²) in [6.07, 6.45) is 0.225. The van der Waals surface area contributed by atoms with Crippen molar-refractivity contribution in [2.75, 3.05) is 19.8 Å². The number of aliphatic carboxylic acids is 1. The topological polar surface area (TPSA) is 122 Å². The monoisotopic (exact) mass is 401 g/mol. The normalized spacial score (nSPS) is 10.7. The van der Waals surface area contributed by atoms with Gasteiger partial charge in [-0.25, -0.2) is 14.4 Å². The lowest BCUT2D eigenvalue weighted by Gasteiger charge is -2.20. The summed E-state index contributed by atoms with van der Waals surface area (Å²) < 4.78 is 9.37. The molecule has 0 bridgehead atoms. The second kappa shape index (κ2) is 16.7. The van der Waals surface area contributed by atoms with Gasteiger partial charge < -0.3 is 25.0 Å². The highest BCUT2D eigenvalue weighted by Gasteiger charge is 2.12. The molecule has 162 valence electrons. The van der Waals surface area contributed by atoms with E-state index in [-0.39, 0.29) is 18.1 Å². The number of nitrogens with one attached hydrogen (secondary N) is 1. The van der Waals surface area contributed by atoms with Gasteiger partial charge in [0.05, 0.1) is 12.7 Å². The SMILES string of the molecule is C=C(C)C(=O)OCC(C)O.C=C(CNC(C)(C)C)C(=O)OCC.C=CC(=O)O. The summed E-state index contributed by atoms with van der Waals surface area (Å²) in [5.74, 6) is -1.76. The van der Waals surface area contributed by atoms with Crippen molar-refractivity contribution in [3.8, 4) is 0 Å². The fraction of sp³-hybridized carbons (Fsp3) is 0.550. The lowest BCUT2D eigenvalue weighted by molar-refractivity contribution is -0.141. The zero-order valence-electron chi connectivity index (χ0n) is 17.8. The molecule has 0 aliphatic carbocycles. The first-order chi connectivity index (χ1) is 12.7. The fourth-order valence-electron chi connectivity index (χ4n) is 0.997. The van der Waals surface area contributed by atoms with Gasteiger partial charge in [0.1, 0.15) is 6.61 Å². The number of ether oxygens (including phenoxy) is 2. The molecule has 0 saturated heterocycles. The zero-order chi connectivity index (χ0) is 22.9. The molecule has 0 saturated carbocycles. The van der Waals surface area contributed by atoms with Gasteiger partial charge >= 0.3 is 17.9 Å². The van der Waals surface area contributed by atoms with E-state index in [0.29, 0.717) is 24.3 Å². The number of carboxylic acids is 1. The number of esters is 2. The molecule has 8 nitrogen and oxygen atoms in total. The lowest BCUT2D eigenvalue weighted by Crippen LogP contribution is -2.38. The molecular formula is C20H35NO7. The third-order valence-corrected chi connectivity index (χ3v) is 2.37. The minimum Gasteiger partial charge on any atom is -0.478 e. The molecule has 1 unspecified atom stereocenters. The van der Waals surface area contributed by atoms with Crippen LogP contribution in [0.5, 0.6) is 0 Å². The highest BCUT2D eigenvalue weighted by Crippen LogP contribution is 2.01. The lowest BCUT2D eigenvalue weighted by atomic mass is 10.1. The second-order valence-electron chi connectivity index (χ2n) is 6.70. The first kappa shape index (κ1) is 30.3. The highest BCUT2D eigenvalue weighted by molar-refractivity contribution is 5.88. The molecule has 28 heavy (non-hydrogen) atoms. The molecule has 0 heterocycles. The van der Waals surface area contributed by atoms with Crippen LogP contribution in [0, 0.1) is 0 Å². The minimum absolute atomic E-state index is 0.00453. The molecule has 0 spiro atoms. The van der Waals surface area contributed by atoms with E-state index < -0.39 is 18.0 Å². The van der Waals surface area contributed by atoms with Crippen molar-refractivity contribution in [2.24, 2.45) is 0 Å². The number of carbonyl (C=O) groups is 3. The van der Waals surface area contributed by atoms with Gasteiger partial charge in [-0.15, -0.1) is 0 Å². The van der Waals surface area contributed by atoms with Crippen LogP contribution in [0.4, 0.5) is 0 Å². The van der Waals surface area contributed by atoms with Crippen LogP contribution in [0.2, 0.25) is 0 Å². The second-order valence-corrected chi connectivity index (χ2v) is 6.70. The third-order valence-electron chi connectivity index (χ3n) is 2.37. The average Bonchev–Trinajstić information content (AvgIpc) is 2.57. The molecule has 0 amide bonds. The summed E-state index contributed by atoms with van der Waals surface area (Å²) in [5.41, 5.74) is 0.813. The van der Waals surface area contributed by atoms with Crippen LogP contribution >= 0.6 is 0 Å². The van der Waals surface area contributed by atoms with Crippen LogP contribution in [-0.2, 0) is 23.9 Å². The Morgan fingerprint density at radius 2 is 1.61 bits per heavy atom. The number of aliphatic hydroxyl groups excluding tert-OH is 1. The van der Waals surface area contributed by atoms with Crippen LogP contribution in [0.15, 0.2) is 37.0 Å². The maximum absolute atomic E-state index is 11.1. The van der Waals surface area contributed by atoms with Crippen molar-refractivity contribution in [3.05, 3.63) is 37.0 Å². The molecule has 0 aliphatic rings. The van der Waals surface area contributed by atoms with Crippen LogP contribution in [0.25, 0.3) is 0 Å². The van der Waals surface area contributed by atoms with Gasteiger partial charge in [-0.1, -0.05) is 19.7 Å². The van der Waals surface area contributed by atoms with Crippen molar-refractivity contribution < 1.29 is 34.1 Å². The maximum atomic E-state index is 11.1. The zero-order valence-corrected chi connectivity index (χ0v) is 17.8. The Hall–Kier alpha value is -2.45. The number of aliphatic hydroxyl groups is 1. The standard InChI is InChI=1S/C10H19NO2.C7H12O3.C3H4O2/c1-6-13-9(12)8(2)7-11-10(3,4)5;1-5(2)7(9)10-4-6(3)8;1-2-3(4)5/h11H,2,6-7H2,1,3-5H3;6,8H,1,4H2,2-3H3;2H,1H2,(H,4,5). The average molecular weight is 402 g/mol. The van der Waals surface area contributed by atoms with Gasteiger partial charge in [-0.05, 0) is 41.5 Å². The molecule has 3 N–H and O–H groups in total. The predicted molar refractivity (Wildman–Crippen MR) is 109 cm³/mol. The number of carbonyl (C=O) groups excluding carboxylic acids is 2. The first-order valence-electron chi connectivity index (χ1n) is 8.63. The summed E-state index contributed by atoms with van der Waals surface area (Å²) in [4.78, 5) is 31.0. The first-order valence-corrected chi connectivity index (χ1v) is 8.63. The molecule has 0 radical (unpaired) electrons. The van der Waals surface area contributed by atoms with E-state index in [2.05, 4.69) is 29.8 Å². The summed E-state index contributed by atoms with van der Waals surface area (Å²) >= 11 is 0. The van der Waals surface area contributed by atoms with Crippen LogP contribution in [-0.4, -0.2) is 59.5 Å². The molecule has 0 aliphatic heterocycles. The summed E-state index contributed by atoms with van der Waals surface area (Å²) in [5, 5.41) is 19.4. The van der Waals surface area contributed by atoms with Crippen molar-refractivity contribution >= 4 is 17.9 Å². The van der Waals surface area contributed by atoms with E-state index in [0.717, 1.165) is 6.08 Å². The third kappa shape index (κ3) is 25.8. The molecule has 1 atom stereocenters. The summed E-state index contributed by atoms with van der Waals surface area (Å²) in [6.45, 7) is 21.9. The molecular weight excluding hydrogens is 366 g/mol. The van der Waals surface area contributed by atoms with E-state index in [9.17, 15) is 14.4 Å². The Morgan fingerprint density at radius 1 is 1.14 bits per heavy atom. The molecule has 8 heteroatoms. The Kier molecular flexibility index (Phi) is 18.1. The van der Waals surface area contributed by atoms with Crippen molar-refractivity contribution in [1.82, 2.24) is 5.32 Å². The van der Waals surface area contributed by atoms with Crippen molar-refractivity contribution in [1.29, 1.82) is 0 Å². The van der Waals surface area contributed by atoms with Crippen molar-refractivity contribution in [3.63, 3.8) is 0 Å². The predicted octanol–water partition coefficient (Wildman–Crippen LogP) is 2.24. The molecule has 0 rings (SSSR count). The Labute approximate surface area is 167 Å². The Balaban J connectivity index is -0.000000368. The van der Waals surface area contributed by atoms with E-state index in [1.54, 1.807) is 20.8 Å². The molecule has 0 aromatic rings. The van der Waals surface area contributed by atoms with E-state index >= 15 is 0 Å². The van der Waals surface area contributed by atoms with E-state index in [1.165, 1.54) is 0 Å². The van der Waals surface area contributed by atoms with Gasteiger partial charge in [-0.2, -0.15) is 0 Å². The van der Waals surface area contributed by atoms with Crippen LogP contribution in [0.1, 0.15) is 41.5 Å². The van der Waals surface area contributed by atoms with E-state index in [4.69, 9.17) is 14.9 Å². The van der Waals surface area contributed by atoms with Crippen LogP contribution in [0.3, 0.4) is 0 Å². The fourth-order valence-corrected chi connectivity index (χ4v) is 0.997. The quantitative estimate of drug-likeness (QED) is 0.418. The molecule has 0 fully saturated rings. The largest absolute Gasteiger partial charge is 0.478 e. The van der Waals surface area contributed by atoms with E-state index in [1.807, 2.05) is 20.8 Å². The van der Waals surface area contributed by atoms with Gasteiger partial charge in [0, 0.05) is 29.3 Å². The summed E-state index contributed by atoms with van der Waals surface area (Å²) in [7, 11) is 0. The van der Waals surface area contributed by atoms with Crippen molar-refractivity contribution in [2.45, 2.75) is 53.2 Å². The Morgan fingerprint density at radius 3 is 1.89 bits per heavy atom. The van der Waals surface area contributed by atoms with Gasteiger partial charge in [0.2, 0.25) is 0 Å². The smallest absolute Gasteiger partial charge is 0.334 e.